The fourth-order valence-electron chi connectivity index (χ4n) is 2.25. The molecule has 0 aliphatic carbocycles. The van der Waals surface area contributed by atoms with Crippen LogP contribution in [-0.4, -0.2) is 54.3 Å². The molecule has 2 rings (SSSR count). The standard InChI is InChI=1S/C12H17NO5/c1-2-18-12(16)9-7-13(11(15)10(9)14)8-3-5-17-6-4-8/h8,14H,2-7H2,1H3. The lowest BCUT2D eigenvalue weighted by molar-refractivity contribution is -0.138. The Balaban J connectivity index is 2.07. The lowest BCUT2D eigenvalue weighted by Gasteiger charge is -2.30. The second-order valence-electron chi connectivity index (χ2n) is 4.32. The van der Waals surface area contributed by atoms with Crippen molar-refractivity contribution in [1.82, 2.24) is 4.90 Å². The highest BCUT2D eigenvalue weighted by atomic mass is 16.5. The predicted molar refractivity (Wildman–Crippen MR) is 61.8 cm³/mol. The van der Waals surface area contributed by atoms with Gasteiger partial charge in [0.05, 0.1) is 13.2 Å². The molecule has 0 bridgehead atoms. The van der Waals surface area contributed by atoms with Gasteiger partial charge in [0.25, 0.3) is 5.91 Å². The molecule has 0 unspecified atom stereocenters. The van der Waals surface area contributed by atoms with E-state index in [0.29, 0.717) is 13.2 Å². The first kappa shape index (κ1) is 12.9. The summed E-state index contributed by atoms with van der Waals surface area (Å²) in [6.07, 6.45) is 1.46. The molecule has 0 atom stereocenters. The second kappa shape index (κ2) is 5.39. The number of hydrogen-bond acceptors (Lipinski definition) is 5. The monoisotopic (exact) mass is 255 g/mol. The van der Waals surface area contributed by atoms with Crippen molar-refractivity contribution in [1.29, 1.82) is 0 Å². The smallest absolute Gasteiger partial charge is 0.339 e. The lowest BCUT2D eigenvalue weighted by Crippen LogP contribution is -2.41. The van der Waals surface area contributed by atoms with Crippen molar-refractivity contribution in [3.05, 3.63) is 11.3 Å². The second-order valence-corrected chi connectivity index (χ2v) is 4.32. The third-order valence-corrected chi connectivity index (χ3v) is 3.23. The van der Waals surface area contributed by atoms with Gasteiger partial charge in [0.1, 0.15) is 5.57 Å². The van der Waals surface area contributed by atoms with Crippen molar-refractivity contribution < 1.29 is 24.2 Å². The predicted octanol–water partition coefficient (Wildman–Crippen LogP) is 0.383. The van der Waals surface area contributed by atoms with Crippen LogP contribution >= 0.6 is 0 Å². The minimum atomic E-state index is -0.613. The molecule has 0 aromatic rings. The SMILES string of the molecule is CCOC(=O)C1=C(O)C(=O)N(C2CCOCC2)C1. The number of esters is 1. The van der Waals surface area contributed by atoms with Crippen molar-refractivity contribution in [2.45, 2.75) is 25.8 Å². The van der Waals surface area contributed by atoms with Crippen molar-refractivity contribution in [3.8, 4) is 0 Å². The molecule has 0 saturated carbocycles. The van der Waals surface area contributed by atoms with E-state index < -0.39 is 17.6 Å². The number of aliphatic hydroxyl groups is 1. The first-order valence-electron chi connectivity index (χ1n) is 6.13. The molecule has 0 aromatic heterocycles. The van der Waals surface area contributed by atoms with Crippen LogP contribution in [0.3, 0.4) is 0 Å². The Bertz CT molecular complexity index is 384. The zero-order valence-electron chi connectivity index (χ0n) is 10.3. The van der Waals surface area contributed by atoms with Crippen molar-refractivity contribution in [3.63, 3.8) is 0 Å². The van der Waals surface area contributed by atoms with E-state index in [-0.39, 0.29) is 24.8 Å². The minimum absolute atomic E-state index is 0.0281. The van der Waals surface area contributed by atoms with Crippen LogP contribution in [0.15, 0.2) is 11.3 Å². The number of ether oxygens (including phenoxy) is 2. The quantitative estimate of drug-likeness (QED) is 0.738. The highest BCUT2D eigenvalue weighted by molar-refractivity contribution is 6.05. The molecule has 100 valence electrons. The van der Waals surface area contributed by atoms with Crippen LogP contribution in [0.25, 0.3) is 0 Å². The fraction of sp³-hybridized carbons (Fsp3) is 0.667. The average Bonchev–Trinajstić information content (AvgIpc) is 2.68. The topological polar surface area (TPSA) is 76.1 Å². The molecule has 1 N–H and O–H groups in total. The molecular weight excluding hydrogens is 238 g/mol. The fourth-order valence-corrected chi connectivity index (χ4v) is 2.25. The molecule has 1 saturated heterocycles. The molecule has 2 aliphatic rings. The van der Waals surface area contributed by atoms with Crippen LogP contribution in [0, 0.1) is 0 Å². The molecule has 2 heterocycles. The zero-order valence-corrected chi connectivity index (χ0v) is 10.3. The van der Waals surface area contributed by atoms with Gasteiger partial charge in [0.2, 0.25) is 0 Å². The van der Waals surface area contributed by atoms with Gasteiger partial charge in [-0.15, -0.1) is 0 Å². The van der Waals surface area contributed by atoms with Gasteiger partial charge in [0.15, 0.2) is 5.76 Å². The van der Waals surface area contributed by atoms with Crippen LogP contribution in [0.1, 0.15) is 19.8 Å². The van der Waals surface area contributed by atoms with E-state index in [2.05, 4.69) is 0 Å². The molecule has 0 radical (unpaired) electrons. The normalized spacial score (nSPS) is 21.6. The van der Waals surface area contributed by atoms with Gasteiger partial charge in [0, 0.05) is 19.3 Å². The molecule has 0 aromatic carbocycles. The number of rotatable bonds is 3. The third-order valence-electron chi connectivity index (χ3n) is 3.23. The zero-order chi connectivity index (χ0) is 13.1. The number of carbonyl (C=O) groups is 2. The largest absolute Gasteiger partial charge is 0.503 e. The summed E-state index contributed by atoms with van der Waals surface area (Å²) >= 11 is 0. The summed E-state index contributed by atoms with van der Waals surface area (Å²) in [5.41, 5.74) is 0.0633. The van der Waals surface area contributed by atoms with E-state index in [1.54, 1.807) is 6.92 Å². The first-order valence-corrected chi connectivity index (χ1v) is 6.13. The Morgan fingerprint density at radius 1 is 1.50 bits per heavy atom. The Labute approximate surface area is 105 Å². The number of nitrogens with zero attached hydrogens (tertiary/aromatic N) is 1. The number of amides is 1. The van der Waals surface area contributed by atoms with Crippen molar-refractivity contribution >= 4 is 11.9 Å². The summed E-state index contributed by atoms with van der Waals surface area (Å²) in [5, 5.41) is 9.71. The molecule has 6 heteroatoms. The number of hydrogen-bond donors (Lipinski definition) is 1. The molecular formula is C12H17NO5. The van der Waals surface area contributed by atoms with Gasteiger partial charge in [-0.3, -0.25) is 4.79 Å². The maximum atomic E-state index is 11.9. The lowest BCUT2D eigenvalue weighted by atomic mass is 10.1. The highest BCUT2D eigenvalue weighted by Gasteiger charge is 2.38. The van der Waals surface area contributed by atoms with E-state index in [9.17, 15) is 14.7 Å². The van der Waals surface area contributed by atoms with Gasteiger partial charge < -0.3 is 19.5 Å². The van der Waals surface area contributed by atoms with Gasteiger partial charge in [-0.25, -0.2) is 4.79 Å². The Morgan fingerprint density at radius 2 is 2.17 bits per heavy atom. The van der Waals surface area contributed by atoms with E-state index in [1.807, 2.05) is 0 Å². The summed E-state index contributed by atoms with van der Waals surface area (Å²) in [6, 6.07) is 0.0281. The summed E-state index contributed by atoms with van der Waals surface area (Å²) in [4.78, 5) is 25.0. The van der Waals surface area contributed by atoms with E-state index in [0.717, 1.165) is 12.8 Å². The molecule has 0 spiro atoms. The van der Waals surface area contributed by atoms with Crippen LogP contribution < -0.4 is 0 Å². The summed E-state index contributed by atoms with van der Waals surface area (Å²) in [6.45, 7) is 3.24. The Kier molecular flexibility index (Phi) is 3.86. The van der Waals surface area contributed by atoms with Crippen LogP contribution in [0.4, 0.5) is 0 Å². The van der Waals surface area contributed by atoms with Crippen molar-refractivity contribution in [2.75, 3.05) is 26.4 Å². The van der Waals surface area contributed by atoms with Crippen LogP contribution in [0.5, 0.6) is 0 Å². The van der Waals surface area contributed by atoms with Gasteiger partial charge in [-0.1, -0.05) is 0 Å². The number of carbonyl (C=O) groups excluding carboxylic acids is 2. The van der Waals surface area contributed by atoms with Gasteiger partial charge in [-0.2, -0.15) is 0 Å². The van der Waals surface area contributed by atoms with Crippen molar-refractivity contribution in [2.24, 2.45) is 0 Å². The van der Waals surface area contributed by atoms with E-state index >= 15 is 0 Å². The Morgan fingerprint density at radius 3 is 2.78 bits per heavy atom. The maximum absolute atomic E-state index is 11.9. The van der Waals surface area contributed by atoms with Crippen LogP contribution in [-0.2, 0) is 19.1 Å². The molecule has 6 nitrogen and oxygen atoms in total. The molecule has 1 amide bonds. The van der Waals surface area contributed by atoms with Crippen LogP contribution in [0.2, 0.25) is 0 Å². The summed E-state index contributed by atoms with van der Waals surface area (Å²) in [7, 11) is 0. The average molecular weight is 255 g/mol. The molecule has 18 heavy (non-hydrogen) atoms. The number of aliphatic hydroxyl groups excluding tert-OH is 1. The maximum Gasteiger partial charge on any atom is 0.339 e. The van der Waals surface area contributed by atoms with Gasteiger partial charge in [-0.05, 0) is 19.8 Å². The van der Waals surface area contributed by atoms with E-state index in [4.69, 9.17) is 9.47 Å². The van der Waals surface area contributed by atoms with E-state index in [1.165, 1.54) is 4.90 Å². The highest BCUT2D eigenvalue weighted by Crippen LogP contribution is 2.25. The molecule has 1 fully saturated rings. The van der Waals surface area contributed by atoms with Gasteiger partial charge >= 0.3 is 5.97 Å². The summed E-state index contributed by atoms with van der Waals surface area (Å²) < 4.78 is 10.0. The summed E-state index contributed by atoms with van der Waals surface area (Å²) in [5.74, 6) is -1.57. The Hall–Kier alpha value is -1.56. The molecule has 2 aliphatic heterocycles. The first-order chi connectivity index (χ1) is 8.65. The minimum Gasteiger partial charge on any atom is -0.503 e. The third kappa shape index (κ3) is 2.33.